The molecule has 0 aliphatic carbocycles. The fourth-order valence-corrected chi connectivity index (χ4v) is 6.10. The monoisotopic (exact) mass is 525 g/mol. The molecule has 4 rings (SSSR count). The zero-order valence-electron chi connectivity index (χ0n) is 15.8. The van der Waals surface area contributed by atoms with Gasteiger partial charge in [-0.1, -0.05) is 11.6 Å². The van der Waals surface area contributed by atoms with E-state index in [4.69, 9.17) is 16.6 Å². The van der Waals surface area contributed by atoms with E-state index in [0.717, 1.165) is 51.9 Å². The zero-order chi connectivity index (χ0) is 20.0. The van der Waals surface area contributed by atoms with Crippen LogP contribution in [0.4, 0.5) is 5.69 Å². The highest BCUT2D eigenvalue weighted by Crippen LogP contribution is 2.39. The van der Waals surface area contributed by atoms with Crippen molar-refractivity contribution in [1.82, 2.24) is 9.55 Å². The average Bonchev–Trinajstić information content (AvgIpc) is 2.96. The van der Waals surface area contributed by atoms with Gasteiger partial charge < -0.3 is 10.0 Å². The van der Waals surface area contributed by atoms with Crippen LogP contribution in [0.1, 0.15) is 24.1 Å². The quantitative estimate of drug-likeness (QED) is 0.452. The van der Waals surface area contributed by atoms with E-state index >= 15 is 0 Å². The van der Waals surface area contributed by atoms with Gasteiger partial charge in [-0.2, -0.15) is 0 Å². The van der Waals surface area contributed by atoms with Gasteiger partial charge in [0.1, 0.15) is 5.65 Å². The van der Waals surface area contributed by atoms with Crippen LogP contribution in [0.2, 0.25) is 5.02 Å². The van der Waals surface area contributed by atoms with Crippen molar-refractivity contribution in [3.8, 4) is 5.69 Å². The van der Waals surface area contributed by atoms with Gasteiger partial charge in [0.25, 0.3) is 0 Å². The summed E-state index contributed by atoms with van der Waals surface area (Å²) >= 11 is 13.5. The summed E-state index contributed by atoms with van der Waals surface area (Å²) in [5, 5.41) is 11.3. The van der Waals surface area contributed by atoms with E-state index in [1.165, 1.54) is 16.6 Å². The van der Waals surface area contributed by atoms with Crippen molar-refractivity contribution in [1.29, 1.82) is 0 Å². The van der Waals surface area contributed by atoms with Gasteiger partial charge in [-0.3, -0.25) is 4.57 Å². The normalized spacial score (nSPS) is 15.6. The molecule has 1 N–H and O–H groups in total. The van der Waals surface area contributed by atoms with Crippen LogP contribution in [-0.2, 0) is 0 Å². The highest BCUT2D eigenvalue weighted by Gasteiger charge is 2.23. The van der Waals surface area contributed by atoms with Crippen LogP contribution >= 0.6 is 43.5 Å². The molecule has 0 spiro atoms. The summed E-state index contributed by atoms with van der Waals surface area (Å²) in [6.07, 6.45) is 4.18. The minimum Gasteiger partial charge on any atom is -0.396 e. The molecule has 1 fully saturated rings. The Balaban J connectivity index is 1.88. The summed E-state index contributed by atoms with van der Waals surface area (Å²) in [4.78, 5) is 7.32. The third kappa shape index (κ3) is 3.60. The number of pyridine rings is 1. The van der Waals surface area contributed by atoms with Crippen molar-refractivity contribution in [3.63, 3.8) is 0 Å². The number of anilines is 1. The number of piperidine rings is 1. The zero-order valence-corrected chi connectivity index (χ0v) is 19.8. The van der Waals surface area contributed by atoms with Crippen LogP contribution in [0.5, 0.6) is 0 Å². The molecular weight excluding hydrogens is 506 g/mol. The van der Waals surface area contributed by atoms with Gasteiger partial charge in [0, 0.05) is 56.6 Å². The lowest BCUT2D eigenvalue weighted by Gasteiger charge is -2.33. The molecule has 0 saturated carbocycles. The highest BCUT2D eigenvalue weighted by atomic mass is 79.9. The molecule has 1 saturated heterocycles. The smallest absolute Gasteiger partial charge is 0.147 e. The molecule has 7 heteroatoms. The van der Waals surface area contributed by atoms with Gasteiger partial charge in [0.15, 0.2) is 0 Å². The van der Waals surface area contributed by atoms with Crippen LogP contribution in [0.3, 0.4) is 0 Å². The van der Waals surface area contributed by atoms with Crippen molar-refractivity contribution in [2.24, 2.45) is 5.92 Å². The lowest BCUT2D eigenvalue weighted by molar-refractivity contribution is 0.203. The fraction of sp³-hybridized carbons (Fsp3) is 0.381. The Kier molecular flexibility index (Phi) is 5.76. The van der Waals surface area contributed by atoms with E-state index in [0.29, 0.717) is 10.9 Å². The van der Waals surface area contributed by atoms with Gasteiger partial charge in [-0.05, 0) is 88.2 Å². The molecular formula is C21H22Br2ClN3O. The predicted molar refractivity (Wildman–Crippen MR) is 123 cm³/mol. The first-order valence-corrected chi connectivity index (χ1v) is 11.4. The number of rotatable bonds is 3. The van der Waals surface area contributed by atoms with Crippen LogP contribution in [0.15, 0.2) is 33.3 Å². The number of nitrogens with zero attached hydrogens (tertiary/aromatic N) is 3. The average molecular weight is 528 g/mol. The molecule has 3 aromatic rings. The Hall–Kier alpha value is -1.08. The largest absolute Gasteiger partial charge is 0.396 e. The van der Waals surface area contributed by atoms with E-state index in [9.17, 15) is 5.11 Å². The third-order valence-corrected chi connectivity index (χ3v) is 6.92. The molecule has 28 heavy (non-hydrogen) atoms. The molecule has 3 heterocycles. The fourth-order valence-electron chi connectivity index (χ4n) is 4.05. The Labute approximate surface area is 186 Å². The number of halogens is 3. The maximum Gasteiger partial charge on any atom is 0.147 e. The van der Waals surface area contributed by atoms with Crippen LogP contribution < -0.4 is 4.90 Å². The first-order valence-electron chi connectivity index (χ1n) is 9.39. The van der Waals surface area contributed by atoms with Gasteiger partial charge in [-0.15, -0.1) is 0 Å². The number of aromatic nitrogens is 2. The maximum absolute atomic E-state index is 9.46. The van der Waals surface area contributed by atoms with Crippen molar-refractivity contribution in [3.05, 3.63) is 49.6 Å². The minimum absolute atomic E-state index is 0.284. The molecule has 1 aromatic carbocycles. The Morgan fingerprint density at radius 1 is 1.14 bits per heavy atom. The topological polar surface area (TPSA) is 41.3 Å². The van der Waals surface area contributed by atoms with Gasteiger partial charge in [0.2, 0.25) is 0 Å². The lowest BCUT2D eigenvalue weighted by atomic mass is 9.97. The summed E-state index contributed by atoms with van der Waals surface area (Å²) in [6, 6.07) is 5.99. The van der Waals surface area contributed by atoms with Crippen LogP contribution in [0, 0.1) is 19.8 Å². The second-order valence-corrected chi connectivity index (χ2v) is 9.64. The predicted octanol–water partition coefficient (Wildman–Crippen LogP) is 6.03. The number of hydrogen-bond acceptors (Lipinski definition) is 3. The number of benzene rings is 1. The van der Waals surface area contributed by atoms with Crippen molar-refractivity contribution in [2.75, 3.05) is 24.6 Å². The summed E-state index contributed by atoms with van der Waals surface area (Å²) in [7, 11) is 0. The summed E-state index contributed by atoms with van der Waals surface area (Å²) in [5.74, 6) is 0.418. The van der Waals surface area contributed by atoms with E-state index in [-0.39, 0.29) is 6.61 Å². The highest BCUT2D eigenvalue weighted by molar-refractivity contribution is 9.11. The second-order valence-electron chi connectivity index (χ2n) is 7.49. The Morgan fingerprint density at radius 3 is 2.39 bits per heavy atom. The molecule has 0 bridgehead atoms. The number of aryl methyl sites for hydroxylation is 2. The Bertz CT molecular complexity index is 1020. The van der Waals surface area contributed by atoms with E-state index in [1.807, 2.05) is 19.1 Å². The molecule has 0 unspecified atom stereocenters. The maximum atomic E-state index is 9.46. The molecule has 1 aliphatic heterocycles. The molecule has 148 valence electrons. The number of fused-ring (bicyclic) bond motifs is 1. The van der Waals surface area contributed by atoms with Crippen LogP contribution in [-0.4, -0.2) is 34.4 Å². The summed E-state index contributed by atoms with van der Waals surface area (Å²) in [5.41, 5.74) is 5.35. The molecule has 0 radical (unpaired) electrons. The number of aliphatic hydroxyl groups is 1. The molecule has 1 aliphatic rings. The van der Waals surface area contributed by atoms with Crippen molar-refractivity contribution in [2.45, 2.75) is 26.7 Å². The van der Waals surface area contributed by atoms with Crippen molar-refractivity contribution < 1.29 is 5.11 Å². The lowest BCUT2D eigenvalue weighted by Crippen LogP contribution is -2.35. The van der Waals surface area contributed by atoms with E-state index in [2.05, 4.69) is 60.5 Å². The van der Waals surface area contributed by atoms with E-state index in [1.54, 1.807) is 0 Å². The molecule has 0 atom stereocenters. The standard InChI is InChI=1S/C21H22Br2ClN3O/c1-12-10-27(20-16(22)8-15(24)9-17(20)23)21-19(12)18(7-13(2)25-21)26-5-3-14(11-28)4-6-26/h7-10,14,28H,3-6,11H2,1-2H3. The van der Waals surface area contributed by atoms with Gasteiger partial charge in [-0.25, -0.2) is 4.98 Å². The Morgan fingerprint density at radius 2 is 1.79 bits per heavy atom. The SMILES string of the molecule is Cc1cc(N2CCC(CO)CC2)c2c(C)cn(-c3c(Br)cc(Cl)cc3Br)c2n1. The van der Waals surface area contributed by atoms with Gasteiger partial charge in [0.05, 0.1) is 5.69 Å². The first kappa shape index (κ1) is 20.2. The number of hydrogen-bond donors (Lipinski definition) is 1. The van der Waals surface area contributed by atoms with Crippen LogP contribution in [0.25, 0.3) is 16.7 Å². The summed E-state index contributed by atoms with van der Waals surface area (Å²) in [6.45, 7) is 6.39. The molecule has 4 nitrogen and oxygen atoms in total. The van der Waals surface area contributed by atoms with Crippen molar-refractivity contribution >= 4 is 60.2 Å². The minimum atomic E-state index is 0.284. The second kappa shape index (κ2) is 7.98. The van der Waals surface area contributed by atoms with Gasteiger partial charge >= 0.3 is 0 Å². The molecule has 2 aromatic heterocycles. The summed E-state index contributed by atoms with van der Waals surface area (Å²) < 4.78 is 3.96. The van der Waals surface area contributed by atoms with E-state index < -0.39 is 0 Å². The molecule has 0 amide bonds. The first-order chi connectivity index (χ1) is 13.4. The third-order valence-electron chi connectivity index (χ3n) is 5.49. The number of aliphatic hydroxyl groups excluding tert-OH is 1.